The molecule has 0 spiro atoms. The number of amides is 2. The van der Waals surface area contributed by atoms with E-state index in [2.05, 4.69) is 5.32 Å². The lowest BCUT2D eigenvalue weighted by atomic mass is 9.95. The number of piperidine rings is 1. The van der Waals surface area contributed by atoms with Crippen LogP contribution < -0.4 is 5.32 Å². The molecular weight excluding hydrogens is 320 g/mol. The van der Waals surface area contributed by atoms with E-state index >= 15 is 0 Å². The van der Waals surface area contributed by atoms with Crippen LogP contribution in [0.3, 0.4) is 0 Å². The van der Waals surface area contributed by atoms with E-state index in [1.54, 1.807) is 24.3 Å². The highest BCUT2D eigenvalue weighted by Crippen LogP contribution is 2.23. The Balaban J connectivity index is 1.52. The van der Waals surface area contributed by atoms with Gasteiger partial charge in [0.1, 0.15) is 6.10 Å². The van der Waals surface area contributed by atoms with Gasteiger partial charge in [-0.3, -0.25) is 14.4 Å². The van der Waals surface area contributed by atoms with Gasteiger partial charge < -0.3 is 15.0 Å². The number of nitrogens with one attached hydrogen (secondary N) is 1. The van der Waals surface area contributed by atoms with E-state index in [1.165, 1.54) is 6.92 Å². The van der Waals surface area contributed by atoms with Gasteiger partial charge in [-0.05, 0) is 44.7 Å². The number of likely N-dealkylation sites (tertiary alicyclic amines) is 1. The molecule has 1 atom stereocenters. The molecule has 0 aromatic heterocycles. The number of rotatable bonds is 4. The number of ketones is 1. The predicted molar refractivity (Wildman–Crippen MR) is 93.4 cm³/mol. The lowest BCUT2D eigenvalue weighted by Gasteiger charge is -2.32. The van der Waals surface area contributed by atoms with E-state index in [0.29, 0.717) is 43.8 Å². The van der Waals surface area contributed by atoms with Crippen LogP contribution >= 0.6 is 0 Å². The Morgan fingerprint density at radius 2 is 1.92 bits per heavy atom. The Labute approximate surface area is 147 Å². The van der Waals surface area contributed by atoms with E-state index in [0.717, 1.165) is 12.8 Å². The quantitative estimate of drug-likeness (QED) is 0.850. The summed E-state index contributed by atoms with van der Waals surface area (Å²) in [6.45, 7) is 3.34. The molecule has 0 radical (unpaired) electrons. The largest absolute Gasteiger partial charge is 0.368 e. The van der Waals surface area contributed by atoms with Crippen LogP contribution in [0.4, 0.5) is 5.69 Å². The number of ether oxygens (including phenoxy) is 1. The molecule has 25 heavy (non-hydrogen) atoms. The van der Waals surface area contributed by atoms with E-state index < -0.39 is 0 Å². The molecule has 0 saturated carbocycles. The average Bonchev–Trinajstić information content (AvgIpc) is 3.16. The molecule has 2 aliphatic rings. The lowest BCUT2D eigenvalue weighted by Crippen LogP contribution is -2.45. The van der Waals surface area contributed by atoms with Crippen molar-refractivity contribution in [2.24, 2.45) is 5.92 Å². The van der Waals surface area contributed by atoms with Crippen LogP contribution in [0.25, 0.3) is 0 Å². The number of carbonyl (C=O) groups excluding carboxylic acids is 3. The van der Waals surface area contributed by atoms with Crippen molar-refractivity contribution in [1.29, 1.82) is 0 Å². The zero-order chi connectivity index (χ0) is 17.8. The van der Waals surface area contributed by atoms with Crippen molar-refractivity contribution in [1.82, 2.24) is 4.90 Å². The van der Waals surface area contributed by atoms with Gasteiger partial charge in [0.05, 0.1) is 0 Å². The van der Waals surface area contributed by atoms with Crippen molar-refractivity contribution < 1.29 is 19.1 Å². The summed E-state index contributed by atoms with van der Waals surface area (Å²) in [6, 6.07) is 6.96. The monoisotopic (exact) mass is 344 g/mol. The molecule has 3 rings (SSSR count). The number of benzene rings is 1. The molecule has 0 bridgehead atoms. The molecule has 2 amide bonds. The van der Waals surface area contributed by atoms with Gasteiger partial charge in [-0.25, -0.2) is 0 Å². The van der Waals surface area contributed by atoms with Gasteiger partial charge >= 0.3 is 0 Å². The molecule has 0 aliphatic carbocycles. The fraction of sp³-hybridized carbons (Fsp3) is 0.526. The molecule has 1 unspecified atom stereocenters. The Morgan fingerprint density at radius 1 is 1.16 bits per heavy atom. The van der Waals surface area contributed by atoms with Crippen molar-refractivity contribution in [3.8, 4) is 0 Å². The second-order valence-corrected chi connectivity index (χ2v) is 6.73. The molecule has 2 fully saturated rings. The summed E-state index contributed by atoms with van der Waals surface area (Å²) in [6.07, 6.45) is 2.74. The third-order valence-corrected chi connectivity index (χ3v) is 4.92. The number of hydrogen-bond donors (Lipinski definition) is 1. The smallest absolute Gasteiger partial charge is 0.251 e. The van der Waals surface area contributed by atoms with Crippen LogP contribution in [-0.4, -0.2) is 48.3 Å². The van der Waals surface area contributed by atoms with Gasteiger partial charge in [-0.2, -0.15) is 0 Å². The van der Waals surface area contributed by atoms with Crippen LogP contribution in [0, 0.1) is 5.92 Å². The molecule has 2 heterocycles. The van der Waals surface area contributed by atoms with Gasteiger partial charge in [-0.15, -0.1) is 0 Å². The minimum atomic E-state index is -0.292. The van der Waals surface area contributed by atoms with E-state index in [9.17, 15) is 14.4 Å². The highest BCUT2D eigenvalue weighted by Gasteiger charge is 2.32. The zero-order valence-electron chi connectivity index (χ0n) is 14.5. The summed E-state index contributed by atoms with van der Waals surface area (Å²) in [4.78, 5) is 38.0. The molecule has 134 valence electrons. The summed E-state index contributed by atoms with van der Waals surface area (Å²) in [5.74, 6) is -0.137. The first-order valence-electron chi connectivity index (χ1n) is 8.87. The Morgan fingerprint density at radius 3 is 2.56 bits per heavy atom. The standard InChI is InChI=1S/C19H24N2O4/c1-13(22)15-4-2-5-16(12-15)20-18(23)14-7-9-21(10-8-14)19(24)17-6-3-11-25-17/h2,4-5,12,14,17H,3,6-11H2,1H3,(H,20,23). The van der Waals surface area contributed by atoms with Crippen molar-refractivity contribution in [3.05, 3.63) is 29.8 Å². The average molecular weight is 344 g/mol. The molecular formula is C19H24N2O4. The summed E-state index contributed by atoms with van der Waals surface area (Å²) in [5.41, 5.74) is 1.21. The molecule has 2 saturated heterocycles. The summed E-state index contributed by atoms with van der Waals surface area (Å²) >= 11 is 0. The van der Waals surface area contributed by atoms with Gasteiger partial charge in [0.25, 0.3) is 5.91 Å². The number of carbonyl (C=O) groups is 3. The fourth-order valence-electron chi connectivity index (χ4n) is 3.40. The topological polar surface area (TPSA) is 75.7 Å². The Hall–Kier alpha value is -2.21. The van der Waals surface area contributed by atoms with Gasteiger partial charge in [-0.1, -0.05) is 12.1 Å². The molecule has 6 nitrogen and oxygen atoms in total. The maximum absolute atomic E-state index is 12.5. The first kappa shape index (κ1) is 17.6. The predicted octanol–water partition coefficient (Wildman–Crippen LogP) is 2.25. The van der Waals surface area contributed by atoms with Gasteiger partial charge in [0.2, 0.25) is 5.91 Å². The third kappa shape index (κ3) is 4.25. The second kappa shape index (κ2) is 7.78. The Bertz CT molecular complexity index is 659. The number of anilines is 1. The number of hydrogen-bond acceptors (Lipinski definition) is 4. The molecule has 1 aromatic rings. The molecule has 1 aromatic carbocycles. The minimum Gasteiger partial charge on any atom is -0.368 e. The van der Waals surface area contributed by atoms with Crippen molar-refractivity contribution in [3.63, 3.8) is 0 Å². The summed E-state index contributed by atoms with van der Waals surface area (Å²) in [7, 11) is 0. The first-order chi connectivity index (χ1) is 12.0. The highest BCUT2D eigenvalue weighted by atomic mass is 16.5. The lowest BCUT2D eigenvalue weighted by molar-refractivity contribution is -0.143. The van der Waals surface area contributed by atoms with Gasteiger partial charge in [0.15, 0.2) is 5.78 Å². The second-order valence-electron chi connectivity index (χ2n) is 6.73. The summed E-state index contributed by atoms with van der Waals surface area (Å²) in [5, 5.41) is 2.89. The van der Waals surface area contributed by atoms with Gasteiger partial charge in [0, 0.05) is 36.9 Å². The highest BCUT2D eigenvalue weighted by molar-refractivity contribution is 5.97. The van der Waals surface area contributed by atoms with Crippen molar-refractivity contribution in [2.75, 3.05) is 25.0 Å². The SMILES string of the molecule is CC(=O)c1cccc(NC(=O)C2CCN(C(=O)C3CCCO3)CC2)c1. The van der Waals surface area contributed by atoms with Crippen molar-refractivity contribution in [2.45, 2.75) is 38.7 Å². The number of Topliss-reactive ketones (excluding diaryl/α,β-unsaturated/α-hetero) is 1. The van der Waals surface area contributed by atoms with Crippen LogP contribution in [0.15, 0.2) is 24.3 Å². The minimum absolute atomic E-state index is 0.0305. The first-order valence-corrected chi connectivity index (χ1v) is 8.87. The van der Waals surface area contributed by atoms with Crippen LogP contribution in [0.5, 0.6) is 0 Å². The normalized spacial score (nSPS) is 21.2. The Kier molecular flexibility index (Phi) is 5.48. The van der Waals surface area contributed by atoms with E-state index in [4.69, 9.17) is 4.74 Å². The van der Waals surface area contributed by atoms with Crippen molar-refractivity contribution >= 4 is 23.3 Å². The number of nitrogens with zero attached hydrogens (tertiary/aromatic N) is 1. The zero-order valence-corrected chi connectivity index (χ0v) is 14.5. The summed E-state index contributed by atoms with van der Waals surface area (Å²) < 4.78 is 5.45. The van der Waals surface area contributed by atoms with E-state index in [-0.39, 0.29) is 29.6 Å². The van der Waals surface area contributed by atoms with E-state index in [1.807, 2.05) is 4.90 Å². The maximum atomic E-state index is 12.5. The molecule has 6 heteroatoms. The molecule has 2 aliphatic heterocycles. The third-order valence-electron chi connectivity index (χ3n) is 4.92. The fourth-order valence-corrected chi connectivity index (χ4v) is 3.40. The maximum Gasteiger partial charge on any atom is 0.251 e. The van der Waals surface area contributed by atoms with Crippen LogP contribution in [-0.2, 0) is 14.3 Å². The van der Waals surface area contributed by atoms with Crippen LogP contribution in [0.1, 0.15) is 43.0 Å². The van der Waals surface area contributed by atoms with Crippen LogP contribution in [0.2, 0.25) is 0 Å². The molecule has 1 N–H and O–H groups in total.